The molecule has 144 valence electrons. The molecule has 3 aromatic rings. The fraction of sp³-hybridized carbons (Fsp3) is 0.174. The Morgan fingerprint density at radius 2 is 1.57 bits per heavy atom. The maximum Gasteiger partial charge on any atom is 0.176 e. The molecule has 4 nitrogen and oxygen atoms in total. The summed E-state index contributed by atoms with van der Waals surface area (Å²) in [5.41, 5.74) is 6.72. The Morgan fingerprint density at radius 3 is 2.18 bits per heavy atom. The van der Waals surface area contributed by atoms with Crippen LogP contribution in [0.2, 0.25) is 0 Å². The highest BCUT2D eigenvalue weighted by Crippen LogP contribution is 2.27. The molecule has 0 amide bonds. The van der Waals surface area contributed by atoms with E-state index < -0.39 is 0 Å². The van der Waals surface area contributed by atoms with E-state index >= 15 is 0 Å². The summed E-state index contributed by atoms with van der Waals surface area (Å²) < 4.78 is 1.22. The van der Waals surface area contributed by atoms with Crippen molar-refractivity contribution in [2.75, 3.05) is 0 Å². The van der Waals surface area contributed by atoms with Crippen molar-refractivity contribution in [3.8, 4) is 11.1 Å². The second-order valence-corrected chi connectivity index (χ2v) is 7.21. The molecule has 0 aromatic heterocycles. The monoisotopic (exact) mass is 436 g/mol. The van der Waals surface area contributed by atoms with Crippen molar-refractivity contribution >= 4 is 21.8 Å². The largest absolute Gasteiger partial charge is 0.305 e. The van der Waals surface area contributed by atoms with Gasteiger partial charge in [-0.05, 0) is 60.2 Å². The Balaban J connectivity index is 0.000000261. The van der Waals surface area contributed by atoms with Gasteiger partial charge < -0.3 is 5.84 Å². The van der Waals surface area contributed by atoms with Gasteiger partial charge in [0.05, 0.1) is 0 Å². The van der Waals surface area contributed by atoms with E-state index in [-0.39, 0.29) is 5.84 Å². The molecule has 28 heavy (non-hydrogen) atoms. The van der Waals surface area contributed by atoms with Crippen LogP contribution >= 0.6 is 15.9 Å². The minimum atomic E-state index is 0.0670. The average Bonchev–Trinajstić information content (AvgIpc) is 2.70. The molecule has 0 fully saturated rings. The molecule has 0 saturated heterocycles. The molecule has 0 aliphatic heterocycles. The van der Waals surface area contributed by atoms with Gasteiger partial charge >= 0.3 is 0 Å². The van der Waals surface area contributed by atoms with Crippen LogP contribution in [0.25, 0.3) is 11.1 Å². The van der Waals surface area contributed by atoms with Crippen LogP contribution in [-0.4, -0.2) is 5.84 Å². The second kappa shape index (κ2) is 10.5. The molecular formula is C23H25BrN4. The first-order valence-electron chi connectivity index (χ1n) is 9.07. The van der Waals surface area contributed by atoms with Crippen LogP contribution in [0.15, 0.2) is 81.5 Å². The lowest BCUT2D eigenvalue weighted by Gasteiger charge is -2.10. The molecule has 5 heteroatoms. The number of nitrogens with one attached hydrogen (secondary N) is 1. The fourth-order valence-electron chi connectivity index (χ4n) is 2.84. The third-order valence-corrected chi connectivity index (χ3v) is 5.22. The molecule has 0 atom stereocenters. The number of rotatable bonds is 3. The molecule has 0 aliphatic carbocycles. The zero-order chi connectivity index (χ0) is 20.5. The molecular weight excluding hydrogens is 412 g/mol. The first kappa shape index (κ1) is 21.5. The van der Waals surface area contributed by atoms with Crippen LogP contribution in [0.3, 0.4) is 0 Å². The van der Waals surface area contributed by atoms with Crippen LogP contribution < -0.4 is 5.84 Å². The standard InChI is InChI=1S/C15H16N4.C8H9Br/c1-10-5-3-4-6-13(10)14-9-12(8-7-11(14)2)15(16)18-19-17;1-2-7-5-3-4-6-8(7)9/h3-9H,1-2H3,(H3,16,17,18);3-6H,2H2,1H3. The topological polar surface area (TPSA) is 74.6 Å². The highest BCUT2D eigenvalue weighted by atomic mass is 79.9. The maximum absolute atomic E-state index is 7.77. The van der Waals surface area contributed by atoms with Gasteiger partial charge in [0.15, 0.2) is 5.84 Å². The van der Waals surface area contributed by atoms with Crippen molar-refractivity contribution in [1.29, 1.82) is 5.41 Å². The Labute approximate surface area is 175 Å². The minimum Gasteiger partial charge on any atom is -0.305 e. The number of benzene rings is 3. The van der Waals surface area contributed by atoms with Crippen LogP contribution in [0.4, 0.5) is 0 Å². The lowest BCUT2D eigenvalue weighted by molar-refractivity contribution is 1.07. The summed E-state index contributed by atoms with van der Waals surface area (Å²) >= 11 is 3.46. The molecule has 3 N–H and O–H groups in total. The van der Waals surface area contributed by atoms with E-state index in [0.717, 1.165) is 17.5 Å². The van der Waals surface area contributed by atoms with Crippen molar-refractivity contribution < 1.29 is 0 Å². The number of nitrogens with zero attached hydrogens (tertiary/aromatic N) is 2. The van der Waals surface area contributed by atoms with E-state index in [2.05, 4.69) is 77.4 Å². The Bertz CT molecular complexity index is 980. The zero-order valence-electron chi connectivity index (χ0n) is 16.4. The normalized spacial score (nSPS) is 10.4. The summed E-state index contributed by atoms with van der Waals surface area (Å²) in [6.07, 6.45) is 1.10. The zero-order valence-corrected chi connectivity index (χ0v) is 18.0. The predicted molar refractivity (Wildman–Crippen MR) is 121 cm³/mol. The second-order valence-electron chi connectivity index (χ2n) is 6.35. The van der Waals surface area contributed by atoms with Gasteiger partial charge in [0.2, 0.25) is 0 Å². The molecule has 0 bridgehead atoms. The molecule has 0 aliphatic rings. The summed E-state index contributed by atoms with van der Waals surface area (Å²) in [5, 5.41) is 14.5. The van der Waals surface area contributed by atoms with Crippen LogP contribution in [0.5, 0.6) is 0 Å². The average molecular weight is 437 g/mol. The lowest BCUT2D eigenvalue weighted by Crippen LogP contribution is -1.97. The highest BCUT2D eigenvalue weighted by molar-refractivity contribution is 9.10. The maximum atomic E-state index is 7.77. The number of halogens is 1. The van der Waals surface area contributed by atoms with Gasteiger partial charge in [-0.25, -0.2) is 0 Å². The van der Waals surface area contributed by atoms with Crippen LogP contribution in [0.1, 0.15) is 29.2 Å². The van der Waals surface area contributed by atoms with Gasteiger partial charge in [-0.15, -0.1) is 5.11 Å². The number of nitrogens with two attached hydrogens (primary N) is 1. The summed E-state index contributed by atoms with van der Waals surface area (Å²) in [7, 11) is 0. The SMILES string of the molecule is CCc1ccccc1Br.Cc1ccccc1-c1cc(C(=N)N=NN)ccc1C. The summed E-state index contributed by atoms with van der Waals surface area (Å²) in [6.45, 7) is 6.28. The van der Waals surface area contributed by atoms with Crippen molar-refractivity contribution in [1.82, 2.24) is 0 Å². The predicted octanol–water partition coefficient (Wildman–Crippen LogP) is 6.63. The first-order chi connectivity index (χ1) is 13.5. The third kappa shape index (κ3) is 5.60. The fourth-order valence-corrected chi connectivity index (χ4v) is 3.40. The highest BCUT2D eigenvalue weighted by Gasteiger charge is 2.08. The third-order valence-electron chi connectivity index (χ3n) is 4.44. The number of amidine groups is 1. The smallest absolute Gasteiger partial charge is 0.176 e. The number of hydrogen-bond acceptors (Lipinski definition) is 2. The van der Waals surface area contributed by atoms with Gasteiger partial charge in [0.1, 0.15) is 0 Å². The molecule has 0 spiro atoms. The Kier molecular flexibility index (Phi) is 8.08. The van der Waals surface area contributed by atoms with Crippen LogP contribution in [0, 0.1) is 19.3 Å². The van der Waals surface area contributed by atoms with E-state index in [1.54, 1.807) is 0 Å². The molecule has 3 rings (SSSR count). The van der Waals surface area contributed by atoms with Crippen molar-refractivity contribution in [2.24, 2.45) is 16.2 Å². The van der Waals surface area contributed by atoms with E-state index in [9.17, 15) is 0 Å². The quantitative estimate of drug-likeness (QED) is 0.156. The van der Waals surface area contributed by atoms with E-state index in [0.29, 0.717) is 5.56 Å². The van der Waals surface area contributed by atoms with E-state index in [1.165, 1.54) is 21.2 Å². The summed E-state index contributed by atoms with van der Waals surface area (Å²) in [6, 6.07) is 22.3. The molecule has 3 aromatic carbocycles. The number of aryl methyl sites for hydroxylation is 3. The van der Waals surface area contributed by atoms with Crippen LogP contribution in [-0.2, 0) is 6.42 Å². The number of hydrogen-bond donors (Lipinski definition) is 2. The van der Waals surface area contributed by atoms with Gasteiger partial charge in [-0.1, -0.05) is 82.7 Å². The van der Waals surface area contributed by atoms with Crippen molar-refractivity contribution in [3.63, 3.8) is 0 Å². The van der Waals surface area contributed by atoms with Crippen molar-refractivity contribution in [2.45, 2.75) is 27.2 Å². The summed E-state index contributed by atoms with van der Waals surface area (Å²) in [4.78, 5) is 0. The Hall–Kier alpha value is -2.79. The lowest BCUT2D eigenvalue weighted by atomic mass is 9.95. The Morgan fingerprint density at radius 1 is 0.929 bits per heavy atom. The van der Waals surface area contributed by atoms with E-state index in [1.807, 2.05) is 36.4 Å². The minimum absolute atomic E-state index is 0.0670. The van der Waals surface area contributed by atoms with Gasteiger partial charge in [-0.3, -0.25) is 5.41 Å². The van der Waals surface area contributed by atoms with Gasteiger partial charge in [0, 0.05) is 10.0 Å². The first-order valence-corrected chi connectivity index (χ1v) is 9.87. The molecule has 0 radical (unpaired) electrons. The van der Waals surface area contributed by atoms with E-state index in [4.69, 9.17) is 11.3 Å². The van der Waals surface area contributed by atoms with Gasteiger partial charge in [0.25, 0.3) is 0 Å². The molecule has 0 heterocycles. The van der Waals surface area contributed by atoms with Gasteiger partial charge in [-0.2, -0.15) is 0 Å². The molecule has 0 unspecified atom stereocenters. The summed E-state index contributed by atoms with van der Waals surface area (Å²) in [5.74, 6) is 5.05. The molecule has 0 saturated carbocycles. The van der Waals surface area contributed by atoms with Crippen molar-refractivity contribution in [3.05, 3.63) is 93.5 Å².